The Hall–Kier alpha value is -1.00. The first kappa shape index (κ1) is 7.64. The fraction of sp³-hybridized carbons (Fsp3) is 0.125. The maximum absolute atomic E-state index is 11.0. The lowest BCUT2D eigenvalue weighted by atomic mass is 10.3. The Balaban J connectivity index is 2.62. The summed E-state index contributed by atoms with van der Waals surface area (Å²) in [5, 5.41) is 1.39. The molecule has 0 radical (unpaired) electrons. The Morgan fingerprint density at radius 3 is 3.08 bits per heavy atom. The van der Waals surface area contributed by atoms with Crippen molar-refractivity contribution in [2.24, 2.45) is 0 Å². The van der Waals surface area contributed by atoms with Gasteiger partial charge >= 0.3 is 5.09 Å². The van der Waals surface area contributed by atoms with Crippen molar-refractivity contribution in [2.75, 3.05) is 6.26 Å². The van der Waals surface area contributed by atoms with Crippen LogP contribution >= 0.6 is 0 Å². The highest BCUT2D eigenvalue weighted by Gasteiger charge is 2.10. The SMILES string of the molecule is C[S+]([O-])c1cc2cnccc2o1. The molecular formula is C8H7NO2S. The topological polar surface area (TPSA) is 49.1 Å². The van der Waals surface area contributed by atoms with Crippen molar-refractivity contribution in [3.8, 4) is 0 Å². The number of rotatable bonds is 1. The van der Waals surface area contributed by atoms with E-state index in [0.29, 0.717) is 5.09 Å². The second-order valence-electron chi connectivity index (χ2n) is 2.43. The minimum absolute atomic E-state index is 0.498. The van der Waals surface area contributed by atoms with Gasteiger partial charge in [0.15, 0.2) is 0 Å². The molecule has 1 atom stereocenters. The van der Waals surface area contributed by atoms with Gasteiger partial charge < -0.3 is 8.97 Å². The molecule has 2 aromatic rings. The average Bonchev–Trinajstić information content (AvgIpc) is 2.46. The molecular weight excluding hydrogens is 174 g/mol. The van der Waals surface area contributed by atoms with Crippen molar-refractivity contribution in [2.45, 2.75) is 5.09 Å². The lowest BCUT2D eigenvalue weighted by Crippen LogP contribution is -1.93. The van der Waals surface area contributed by atoms with E-state index in [2.05, 4.69) is 4.98 Å². The van der Waals surface area contributed by atoms with Crippen LogP contribution in [0.5, 0.6) is 0 Å². The largest absolute Gasteiger partial charge is 0.609 e. The van der Waals surface area contributed by atoms with Gasteiger partial charge in [0.1, 0.15) is 11.8 Å². The average molecular weight is 181 g/mol. The summed E-state index contributed by atoms with van der Waals surface area (Å²) in [5.41, 5.74) is 0.732. The zero-order valence-electron chi connectivity index (χ0n) is 6.48. The fourth-order valence-electron chi connectivity index (χ4n) is 1.00. The van der Waals surface area contributed by atoms with E-state index in [1.807, 2.05) is 0 Å². The number of aromatic nitrogens is 1. The molecule has 0 spiro atoms. The van der Waals surface area contributed by atoms with E-state index in [0.717, 1.165) is 11.0 Å². The third-order valence-electron chi connectivity index (χ3n) is 1.58. The van der Waals surface area contributed by atoms with Crippen molar-refractivity contribution < 1.29 is 8.97 Å². The summed E-state index contributed by atoms with van der Waals surface area (Å²) in [7, 11) is 0. The zero-order valence-corrected chi connectivity index (χ0v) is 7.30. The van der Waals surface area contributed by atoms with Crippen LogP contribution in [0.3, 0.4) is 0 Å². The first-order chi connectivity index (χ1) is 5.77. The molecule has 0 fully saturated rings. The predicted molar refractivity (Wildman–Crippen MR) is 46.3 cm³/mol. The first-order valence-corrected chi connectivity index (χ1v) is 5.00. The van der Waals surface area contributed by atoms with Crippen molar-refractivity contribution in [3.63, 3.8) is 0 Å². The smallest absolute Gasteiger partial charge is 0.311 e. The maximum Gasteiger partial charge on any atom is 0.311 e. The Bertz CT molecular complexity index is 364. The molecule has 12 heavy (non-hydrogen) atoms. The van der Waals surface area contributed by atoms with Crippen molar-refractivity contribution in [1.82, 2.24) is 4.98 Å². The lowest BCUT2D eigenvalue weighted by molar-refractivity contribution is 0.484. The van der Waals surface area contributed by atoms with Gasteiger partial charge in [-0.2, -0.15) is 0 Å². The van der Waals surface area contributed by atoms with Gasteiger partial charge in [-0.1, -0.05) is 0 Å². The Kier molecular flexibility index (Phi) is 1.78. The summed E-state index contributed by atoms with van der Waals surface area (Å²) in [4.78, 5) is 3.93. The Labute approximate surface area is 72.6 Å². The van der Waals surface area contributed by atoms with E-state index < -0.39 is 11.2 Å². The molecule has 3 nitrogen and oxygen atoms in total. The maximum atomic E-state index is 11.0. The van der Waals surface area contributed by atoms with Crippen LogP contribution < -0.4 is 0 Å². The number of hydrogen-bond donors (Lipinski definition) is 0. The molecule has 0 aromatic carbocycles. The van der Waals surface area contributed by atoms with E-state index in [1.54, 1.807) is 30.8 Å². The highest BCUT2D eigenvalue weighted by molar-refractivity contribution is 7.90. The monoisotopic (exact) mass is 181 g/mol. The number of fused-ring (bicyclic) bond motifs is 1. The van der Waals surface area contributed by atoms with Crippen LogP contribution in [0.15, 0.2) is 34.0 Å². The van der Waals surface area contributed by atoms with Crippen LogP contribution in [0.25, 0.3) is 11.0 Å². The van der Waals surface area contributed by atoms with E-state index in [9.17, 15) is 4.55 Å². The molecule has 0 aliphatic carbocycles. The molecule has 2 aromatic heterocycles. The standard InChI is InChI=1S/C8H7NO2S/c1-12(10)8-4-6-5-9-3-2-7(6)11-8/h2-5H,1H3. The minimum Gasteiger partial charge on any atom is -0.609 e. The van der Waals surface area contributed by atoms with Crippen LogP contribution in [0.4, 0.5) is 0 Å². The molecule has 2 rings (SSSR count). The molecule has 0 saturated carbocycles. The second kappa shape index (κ2) is 2.80. The summed E-state index contributed by atoms with van der Waals surface area (Å²) < 4.78 is 16.3. The number of pyridine rings is 1. The highest BCUT2D eigenvalue weighted by Crippen LogP contribution is 2.20. The summed E-state index contributed by atoms with van der Waals surface area (Å²) in [5.74, 6) is 0. The minimum atomic E-state index is -1.06. The van der Waals surface area contributed by atoms with Crippen LogP contribution in [0.1, 0.15) is 0 Å². The lowest BCUT2D eigenvalue weighted by Gasteiger charge is -1.95. The van der Waals surface area contributed by atoms with E-state index in [1.165, 1.54) is 0 Å². The molecule has 4 heteroatoms. The second-order valence-corrected chi connectivity index (χ2v) is 3.74. The zero-order chi connectivity index (χ0) is 8.55. The van der Waals surface area contributed by atoms with E-state index >= 15 is 0 Å². The molecule has 0 saturated heterocycles. The predicted octanol–water partition coefficient (Wildman–Crippen LogP) is 1.57. The molecule has 0 aliphatic heterocycles. The Morgan fingerprint density at radius 1 is 1.58 bits per heavy atom. The van der Waals surface area contributed by atoms with Gasteiger partial charge in [0, 0.05) is 35.0 Å². The summed E-state index contributed by atoms with van der Waals surface area (Å²) >= 11 is -1.06. The van der Waals surface area contributed by atoms with Gasteiger partial charge in [-0.3, -0.25) is 4.98 Å². The van der Waals surface area contributed by atoms with Gasteiger partial charge in [-0.15, -0.1) is 0 Å². The van der Waals surface area contributed by atoms with E-state index in [4.69, 9.17) is 4.42 Å². The molecule has 2 heterocycles. The third-order valence-corrected chi connectivity index (χ3v) is 2.35. The first-order valence-electron chi connectivity index (χ1n) is 3.44. The molecule has 62 valence electrons. The van der Waals surface area contributed by atoms with Crippen molar-refractivity contribution in [1.29, 1.82) is 0 Å². The summed E-state index contributed by atoms with van der Waals surface area (Å²) in [6.45, 7) is 0. The highest BCUT2D eigenvalue weighted by atomic mass is 32.2. The van der Waals surface area contributed by atoms with Gasteiger partial charge in [-0.25, -0.2) is 0 Å². The van der Waals surface area contributed by atoms with Crippen LogP contribution in [0, 0.1) is 0 Å². The quantitative estimate of drug-likeness (QED) is 0.627. The van der Waals surface area contributed by atoms with Crippen LogP contribution in [0.2, 0.25) is 0 Å². The van der Waals surface area contributed by atoms with Gasteiger partial charge in [0.05, 0.1) is 0 Å². The van der Waals surface area contributed by atoms with Gasteiger partial charge in [0.25, 0.3) is 0 Å². The normalized spacial score (nSPS) is 13.5. The fourth-order valence-corrected chi connectivity index (χ4v) is 1.50. The van der Waals surface area contributed by atoms with Gasteiger partial charge in [-0.05, 0) is 6.07 Å². The van der Waals surface area contributed by atoms with Crippen molar-refractivity contribution in [3.05, 3.63) is 24.5 Å². The summed E-state index contributed by atoms with van der Waals surface area (Å²) in [6.07, 6.45) is 4.93. The van der Waals surface area contributed by atoms with Gasteiger partial charge in [0.2, 0.25) is 0 Å². The summed E-state index contributed by atoms with van der Waals surface area (Å²) in [6, 6.07) is 3.50. The van der Waals surface area contributed by atoms with Crippen LogP contribution in [-0.4, -0.2) is 15.8 Å². The molecule has 0 amide bonds. The number of furan rings is 1. The molecule has 0 bridgehead atoms. The molecule has 1 unspecified atom stereocenters. The number of hydrogen-bond acceptors (Lipinski definition) is 3. The van der Waals surface area contributed by atoms with E-state index in [-0.39, 0.29) is 0 Å². The van der Waals surface area contributed by atoms with Crippen LogP contribution in [-0.2, 0) is 11.2 Å². The van der Waals surface area contributed by atoms with Crippen molar-refractivity contribution >= 4 is 22.1 Å². The third kappa shape index (κ3) is 1.19. The molecule has 0 aliphatic rings. The molecule has 0 N–H and O–H groups in total. The number of nitrogens with zero attached hydrogens (tertiary/aromatic N) is 1. The Morgan fingerprint density at radius 2 is 2.42 bits per heavy atom.